The summed E-state index contributed by atoms with van der Waals surface area (Å²) in [6.45, 7) is 1.55. The third-order valence-corrected chi connectivity index (χ3v) is 4.21. The van der Waals surface area contributed by atoms with Crippen molar-refractivity contribution < 1.29 is 14.7 Å². The number of carbonyl (C=O) groups is 2. The van der Waals surface area contributed by atoms with Gasteiger partial charge in [-0.15, -0.1) is 0 Å². The lowest BCUT2D eigenvalue weighted by Crippen LogP contribution is -2.39. The molecule has 6 heteroatoms. The molecule has 1 aliphatic heterocycles. The van der Waals surface area contributed by atoms with Crippen molar-refractivity contribution in [3.05, 3.63) is 34.3 Å². The second-order valence-electron chi connectivity index (χ2n) is 5.20. The largest absolute Gasteiger partial charge is 0.396 e. The monoisotopic (exact) mass is 354 g/mol. The molecule has 2 rings (SSSR count). The summed E-state index contributed by atoms with van der Waals surface area (Å²) in [5.41, 5.74) is 0.533. The molecule has 21 heavy (non-hydrogen) atoms. The fourth-order valence-electron chi connectivity index (χ4n) is 2.45. The number of hydrogen-bond donors (Lipinski definition) is 2. The second kappa shape index (κ2) is 7.56. The summed E-state index contributed by atoms with van der Waals surface area (Å²) in [4.78, 5) is 25.7. The minimum absolute atomic E-state index is 0.0146. The first-order valence-electron chi connectivity index (χ1n) is 7.02. The Morgan fingerprint density at radius 2 is 2.05 bits per heavy atom. The van der Waals surface area contributed by atoms with E-state index in [-0.39, 0.29) is 25.0 Å². The van der Waals surface area contributed by atoms with Gasteiger partial charge in [-0.1, -0.05) is 15.9 Å². The molecule has 2 N–H and O–H groups in total. The van der Waals surface area contributed by atoms with E-state index in [0.717, 1.165) is 17.3 Å². The van der Waals surface area contributed by atoms with Crippen LogP contribution in [0.25, 0.3) is 0 Å². The van der Waals surface area contributed by atoms with Crippen LogP contribution in [-0.2, 0) is 4.79 Å². The number of nitrogens with zero attached hydrogens (tertiary/aromatic N) is 1. The fourth-order valence-corrected chi connectivity index (χ4v) is 2.71. The number of likely N-dealkylation sites (tertiary alicyclic amines) is 1. The van der Waals surface area contributed by atoms with E-state index in [9.17, 15) is 9.59 Å². The van der Waals surface area contributed by atoms with Gasteiger partial charge in [-0.05, 0) is 43.0 Å². The van der Waals surface area contributed by atoms with E-state index >= 15 is 0 Å². The summed E-state index contributed by atoms with van der Waals surface area (Å²) >= 11 is 3.31. The zero-order valence-electron chi connectivity index (χ0n) is 11.7. The van der Waals surface area contributed by atoms with E-state index in [0.29, 0.717) is 24.6 Å². The summed E-state index contributed by atoms with van der Waals surface area (Å²) in [5, 5.41) is 11.6. The number of nitrogens with one attached hydrogen (secondary N) is 1. The smallest absolute Gasteiger partial charge is 0.251 e. The van der Waals surface area contributed by atoms with Crippen LogP contribution in [0.5, 0.6) is 0 Å². The van der Waals surface area contributed by atoms with Crippen molar-refractivity contribution in [3.63, 3.8) is 0 Å². The molecule has 0 spiro atoms. The highest BCUT2D eigenvalue weighted by Gasteiger charge is 2.25. The van der Waals surface area contributed by atoms with Crippen molar-refractivity contribution in [1.82, 2.24) is 10.2 Å². The topological polar surface area (TPSA) is 69.6 Å². The predicted molar refractivity (Wildman–Crippen MR) is 82.9 cm³/mol. The van der Waals surface area contributed by atoms with Crippen LogP contribution in [0.4, 0.5) is 0 Å². The van der Waals surface area contributed by atoms with E-state index in [1.54, 1.807) is 29.2 Å². The van der Waals surface area contributed by atoms with Gasteiger partial charge >= 0.3 is 0 Å². The van der Waals surface area contributed by atoms with Crippen LogP contribution in [0.1, 0.15) is 23.2 Å². The highest BCUT2D eigenvalue weighted by Crippen LogP contribution is 2.18. The number of amides is 2. The molecule has 0 aromatic heterocycles. The predicted octanol–water partition coefficient (Wildman–Crippen LogP) is 1.41. The summed E-state index contributed by atoms with van der Waals surface area (Å²) in [6, 6.07) is 6.99. The molecule has 0 bridgehead atoms. The van der Waals surface area contributed by atoms with Gasteiger partial charge in [-0.3, -0.25) is 9.59 Å². The third-order valence-electron chi connectivity index (χ3n) is 3.68. The zero-order valence-corrected chi connectivity index (χ0v) is 13.3. The molecule has 0 aliphatic carbocycles. The summed E-state index contributed by atoms with van der Waals surface area (Å²) in [6.07, 6.45) is 1.65. The van der Waals surface area contributed by atoms with E-state index in [1.165, 1.54) is 0 Å². The minimum Gasteiger partial charge on any atom is -0.396 e. The SMILES string of the molecule is O=C(NCC(=O)N1CCC(CCO)C1)c1ccc(Br)cc1. The Hall–Kier alpha value is -1.40. The van der Waals surface area contributed by atoms with Gasteiger partial charge in [0, 0.05) is 29.7 Å². The molecule has 1 unspecified atom stereocenters. The summed E-state index contributed by atoms with van der Waals surface area (Å²) in [7, 11) is 0. The number of hydrogen-bond acceptors (Lipinski definition) is 3. The van der Waals surface area contributed by atoms with Gasteiger partial charge in [-0.25, -0.2) is 0 Å². The van der Waals surface area contributed by atoms with Crippen LogP contribution in [0.3, 0.4) is 0 Å². The van der Waals surface area contributed by atoms with Gasteiger partial charge < -0.3 is 15.3 Å². The lowest BCUT2D eigenvalue weighted by atomic mass is 10.1. The van der Waals surface area contributed by atoms with Gasteiger partial charge in [0.05, 0.1) is 6.54 Å². The average Bonchev–Trinajstić information content (AvgIpc) is 2.94. The Morgan fingerprint density at radius 3 is 2.71 bits per heavy atom. The van der Waals surface area contributed by atoms with Crippen molar-refractivity contribution in [3.8, 4) is 0 Å². The van der Waals surface area contributed by atoms with Crippen LogP contribution < -0.4 is 5.32 Å². The molecule has 1 aromatic rings. The first kappa shape index (κ1) is 16.0. The normalized spacial score (nSPS) is 17.8. The summed E-state index contributed by atoms with van der Waals surface area (Å²) < 4.78 is 0.905. The number of aliphatic hydroxyl groups excluding tert-OH is 1. The molecule has 1 heterocycles. The molecular formula is C15H19BrN2O3. The van der Waals surface area contributed by atoms with Crippen LogP contribution in [0.15, 0.2) is 28.7 Å². The molecule has 1 aliphatic rings. The van der Waals surface area contributed by atoms with Crippen LogP contribution >= 0.6 is 15.9 Å². The maximum Gasteiger partial charge on any atom is 0.251 e. The number of halogens is 1. The molecule has 0 saturated carbocycles. The highest BCUT2D eigenvalue weighted by atomic mass is 79.9. The molecule has 1 aromatic carbocycles. The van der Waals surface area contributed by atoms with Crippen LogP contribution in [0.2, 0.25) is 0 Å². The van der Waals surface area contributed by atoms with Crippen molar-refractivity contribution in [2.45, 2.75) is 12.8 Å². The summed E-state index contributed by atoms with van der Waals surface area (Å²) in [5.74, 6) is 0.0592. The number of carbonyl (C=O) groups excluding carboxylic acids is 2. The molecule has 5 nitrogen and oxygen atoms in total. The number of benzene rings is 1. The number of aliphatic hydroxyl groups is 1. The standard InChI is InChI=1S/C15H19BrN2O3/c16-13-3-1-12(2-4-13)15(21)17-9-14(20)18-7-5-11(10-18)6-8-19/h1-4,11,19H,5-10H2,(H,17,21). The maximum atomic E-state index is 12.0. The Bertz CT molecular complexity index is 504. The molecule has 1 atom stereocenters. The Labute approximate surface area is 132 Å². The van der Waals surface area contributed by atoms with E-state index < -0.39 is 0 Å². The Morgan fingerprint density at radius 1 is 1.33 bits per heavy atom. The zero-order chi connectivity index (χ0) is 15.2. The molecule has 0 radical (unpaired) electrons. The first-order valence-corrected chi connectivity index (χ1v) is 7.82. The van der Waals surface area contributed by atoms with Crippen molar-refractivity contribution in [2.24, 2.45) is 5.92 Å². The second-order valence-corrected chi connectivity index (χ2v) is 6.11. The van der Waals surface area contributed by atoms with Crippen LogP contribution in [-0.4, -0.2) is 48.1 Å². The van der Waals surface area contributed by atoms with Gasteiger partial charge in [0.2, 0.25) is 5.91 Å². The van der Waals surface area contributed by atoms with Gasteiger partial charge in [-0.2, -0.15) is 0 Å². The highest BCUT2D eigenvalue weighted by molar-refractivity contribution is 9.10. The van der Waals surface area contributed by atoms with E-state index in [2.05, 4.69) is 21.2 Å². The first-order chi connectivity index (χ1) is 10.1. The third kappa shape index (κ3) is 4.54. The van der Waals surface area contributed by atoms with Crippen molar-refractivity contribution >= 4 is 27.7 Å². The van der Waals surface area contributed by atoms with E-state index in [4.69, 9.17) is 5.11 Å². The fraction of sp³-hybridized carbons (Fsp3) is 0.467. The maximum absolute atomic E-state index is 12.0. The van der Waals surface area contributed by atoms with Crippen LogP contribution in [0, 0.1) is 5.92 Å². The molecular weight excluding hydrogens is 336 g/mol. The van der Waals surface area contributed by atoms with Crippen molar-refractivity contribution in [2.75, 3.05) is 26.2 Å². The Kier molecular flexibility index (Phi) is 5.76. The molecule has 114 valence electrons. The molecule has 1 fully saturated rings. The van der Waals surface area contributed by atoms with Crippen molar-refractivity contribution in [1.29, 1.82) is 0 Å². The van der Waals surface area contributed by atoms with Gasteiger partial charge in [0.25, 0.3) is 5.91 Å². The molecule has 2 amide bonds. The lowest BCUT2D eigenvalue weighted by molar-refractivity contribution is -0.129. The number of rotatable bonds is 5. The lowest BCUT2D eigenvalue weighted by Gasteiger charge is -2.16. The Balaban J connectivity index is 1.79. The van der Waals surface area contributed by atoms with Gasteiger partial charge in [0.15, 0.2) is 0 Å². The van der Waals surface area contributed by atoms with Gasteiger partial charge in [0.1, 0.15) is 0 Å². The minimum atomic E-state index is -0.248. The molecule has 1 saturated heterocycles. The quantitative estimate of drug-likeness (QED) is 0.839. The average molecular weight is 355 g/mol. The van der Waals surface area contributed by atoms with E-state index in [1.807, 2.05) is 0 Å².